The minimum absolute atomic E-state index is 0.427. The molecule has 1 atom stereocenters. The van der Waals surface area contributed by atoms with Gasteiger partial charge in [-0.05, 0) is 72.5 Å². The molecule has 0 aliphatic heterocycles. The summed E-state index contributed by atoms with van der Waals surface area (Å²) < 4.78 is 0.577. The number of rotatable bonds is 4. The highest BCUT2D eigenvalue weighted by atomic mass is 127. The number of amides is 1. The van der Waals surface area contributed by atoms with E-state index in [1.165, 1.54) is 17.5 Å². The number of fused-ring (bicyclic) bond motifs is 1. The summed E-state index contributed by atoms with van der Waals surface area (Å²) in [6.07, 6.45) is 2.36. The average Bonchev–Trinajstić information content (AvgIpc) is 3.08. The maximum atomic E-state index is 12.3. The van der Waals surface area contributed by atoms with E-state index in [2.05, 4.69) is 46.1 Å². The van der Waals surface area contributed by atoms with Gasteiger partial charge in [0.1, 0.15) is 0 Å². The molecule has 0 heterocycles. The summed E-state index contributed by atoms with van der Waals surface area (Å²) in [5, 5.41) is 14.3. The maximum absolute atomic E-state index is 12.3. The molecule has 2 N–H and O–H groups in total. The van der Waals surface area contributed by atoms with Crippen LogP contribution in [0.4, 0.5) is 17.1 Å². The highest BCUT2D eigenvalue weighted by molar-refractivity contribution is 14.1. The summed E-state index contributed by atoms with van der Waals surface area (Å²) in [6.45, 7) is 0. The molecule has 1 aliphatic carbocycles. The molecule has 1 unspecified atom stereocenters. The molecule has 3 aromatic carbocycles. The number of hydrogen-bond acceptors (Lipinski definition) is 3. The molecule has 1 aliphatic rings. The predicted molar refractivity (Wildman–Crippen MR) is 116 cm³/mol. The lowest BCUT2D eigenvalue weighted by atomic mass is 10.1. The van der Waals surface area contributed by atoms with Crippen molar-refractivity contribution in [3.8, 4) is 0 Å². The number of nitrogens with zero attached hydrogens (tertiary/aromatic N) is 1. The lowest BCUT2D eigenvalue weighted by Gasteiger charge is -2.16. The molecule has 0 saturated carbocycles. The Morgan fingerprint density at radius 1 is 1.00 bits per heavy atom. The lowest BCUT2D eigenvalue weighted by Crippen LogP contribution is -2.26. The van der Waals surface area contributed by atoms with Gasteiger partial charge in [-0.2, -0.15) is 5.06 Å². The standard InChI is InChI=1S/C22H19IN2O2/c23-21-13-7-15-6-8-18(14-20(15)21)24-17-9-11-19(12-10-17)25(27)22(26)16-4-2-1-3-5-16/h1-6,8-12,14,21,24,27H,7,13H2. The summed E-state index contributed by atoms with van der Waals surface area (Å²) >= 11 is 2.50. The second-order valence-corrected chi connectivity index (χ2v) is 8.08. The number of halogens is 1. The number of nitrogens with one attached hydrogen (secondary N) is 1. The van der Waals surface area contributed by atoms with Gasteiger partial charge in [0.25, 0.3) is 5.91 Å². The van der Waals surface area contributed by atoms with Crippen molar-refractivity contribution >= 4 is 45.6 Å². The number of alkyl halides is 1. The molecule has 0 spiro atoms. The second-order valence-electron chi connectivity index (χ2n) is 6.57. The first-order chi connectivity index (χ1) is 13.1. The minimum Gasteiger partial charge on any atom is -0.356 e. The van der Waals surface area contributed by atoms with Crippen molar-refractivity contribution < 1.29 is 10.0 Å². The van der Waals surface area contributed by atoms with Gasteiger partial charge in [-0.15, -0.1) is 0 Å². The first-order valence-corrected chi connectivity index (χ1v) is 10.1. The van der Waals surface area contributed by atoms with Crippen molar-refractivity contribution in [2.75, 3.05) is 10.4 Å². The van der Waals surface area contributed by atoms with Crippen molar-refractivity contribution in [3.05, 3.63) is 89.5 Å². The summed E-state index contributed by atoms with van der Waals surface area (Å²) in [5.41, 5.74) is 5.66. The van der Waals surface area contributed by atoms with Crippen molar-refractivity contribution in [2.24, 2.45) is 0 Å². The zero-order valence-electron chi connectivity index (χ0n) is 14.6. The maximum Gasteiger partial charge on any atom is 0.281 e. The van der Waals surface area contributed by atoms with Gasteiger partial charge in [0.15, 0.2) is 0 Å². The molecule has 0 radical (unpaired) electrons. The average molecular weight is 470 g/mol. The first kappa shape index (κ1) is 18.0. The summed E-state index contributed by atoms with van der Waals surface area (Å²) in [7, 11) is 0. The Morgan fingerprint density at radius 3 is 2.44 bits per heavy atom. The molecule has 4 nitrogen and oxygen atoms in total. The molecule has 27 heavy (non-hydrogen) atoms. The number of carbonyl (C=O) groups excluding carboxylic acids is 1. The fourth-order valence-corrected chi connectivity index (χ4v) is 4.19. The SMILES string of the molecule is O=C(c1ccccc1)N(O)c1ccc(Nc2ccc3c(c2)C(I)CC3)cc1. The Hall–Kier alpha value is -2.38. The highest BCUT2D eigenvalue weighted by Crippen LogP contribution is 2.39. The van der Waals surface area contributed by atoms with Gasteiger partial charge in [0.2, 0.25) is 0 Å². The number of carbonyl (C=O) groups is 1. The van der Waals surface area contributed by atoms with E-state index < -0.39 is 5.91 Å². The van der Waals surface area contributed by atoms with Crippen LogP contribution >= 0.6 is 22.6 Å². The summed E-state index contributed by atoms with van der Waals surface area (Å²) in [4.78, 5) is 12.3. The molecular formula is C22H19IN2O2. The monoisotopic (exact) mass is 470 g/mol. The van der Waals surface area contributed by atoms with E-state index in [0.717, 1.165) is 17.8 Å². The first-order valence-electron chi connectivity index (χ1n) is 8.84. The van der Waals surface area contributed by atoms with Crippen LogP contribution in [-0.4, -0.2) is 11.1 Å². The number of anilines is 3. The van der Waals surface area contributed by atoms with E-state index in [0.29, 0.717) is 20.2 Å². The van der Waals surface area contributed by atoms with Gasteiger partial charge < -0.3 is 5.32 Å². The number of benzene rings is 3. The Kier molecular flexibility index (Phi) is 5.13. The van der Waals surface area contributed by atoms with Crippen molar-refractivity contribution in [1.82, 2.24) is 0 Å². The molecule has 1 amide bonds. The quantitative estimate of drug-likeness (QED) is 0.217. The molecule has 0 saturated heterocycles. The van der Waals surface area contributed by atoms with Crippen LogP contribution in [0.3, 0.4) is 0 Å². The third-order valence-electron chi connectivity index (χ3n) is 4.76. The van der Waals surface area contributed by atoms with E-state index in [1.54, 1.807) is 36.4 Å². The van der Waals surface area contributed by atoms with Crippen LogP contribution in [-0.2, 0) is 6.42 Å². The Balaban J connectivity index is 1.48. The summed E-state index contributed by atoms with van der Waals surface area (Å²) in [6, 6.07) is 22.4. The molecule has 0 bridgehead atoms. The van der Waals surface area contributed by atoms with Crippen LogP contribution in [0.15, 0.2) is 72.8 Å². The van der Waals surface area contributed by atoms with Gasteiger partial charge >= 0.3 is 0 Å². The van der Waals surface area contributed by atoms with Crippen molar-refractivity contribution in [2.45, 2.75) is 16.8 Å². The number of hydrogen-bond donors (Lipinski definition) is 2. The molecule has 0 fully saturated rings. The Labute approximate surface area is 171 Å². The van der Waals surface area contributed by atoms with Gasteiger partial charge in [-0.25, -0.2) is 0 Å². The van der Waals surface area contributed by atoms with Gasteiger partial charge in [0.05, 0.1) is 5.69 Å². The summed E-state index contributed by atoms with van der Waals surface area (Å²) in [5.74, 6) is -0.456. The highest BCUT2D eigenvalue weighted by Gasteiger charge is 2.20. The Morgan fingerprint density at radius 2 is 1.70 bits per heavy atom. The van der Waals surface area contributed by atoms with Crippen LogP contribution in [0.5, 0.6) is 0 Å². The smallest absolute Gasteiger partial charge is 0.281 e. The molecule has 0 aromatic heterocycles. The largest absolute Gasteiger partial charge is 0.356 e. The topological polar surface area (TPSA) is 52.6 Å². The molecule has 4 rings (SSSR count). The van der Waals surface area contributed by atoms with Crippen molar-refractivity contribution in [1.29, 1.82) is 0 Å². The minimum atomic E-state index is -0.456. The fourth-order valence-electron chi connectivity index (χ4n) is 3.30. The van der Waals surface area contributed by atoms with Gasteiger partial charge in [-0.3, -0.25) is 10.0 Å². The zero-order chi connectivity index (χ0) is 18.8. The van der Waals surface area contributed by atoms with Crippen LogP contribution in [0, 0.1) is 0 Å². The van der Waals surface area contributed by atoms with Crippen LogP contribution < -0.4 is 10.4 Å². The van der Waals surface area contributed by atoms with E-state index in [1.807, 2.05) is 18.2 Å². The van der Waals surface area contributed by atoms with E-state index in [9.17, 15) is 10.0 Å². The van der Waals surface area contributed by atoms with Crippen molar-refractivity contribution in [3.63, 3.8) is 0 Å². The molecular weight excluding hydrogens is 451 g/mol. The van der Waals surface area contributed by atoms with Crippen LogP contribution in [0.2, 0.25) is 0 Å². The predicted octanol–water partition coefficient (Wildman–Crippen LogP) is 5.89. The van der Waals surface area contributed by atoms with Gasteiger partial charge in [-0.1, -0.05) is 46.9 Å². The lowest BCUT2D eigenvalue weighted by molar-refractivity contribution is 0.0855. The Bertz CT molecular complexity index is 958. The normalized spacial score (nSPS) is 15.3. The van der Waals surface area contributed by atoms with Crippen LogP contribution in [0.1, 0.15) is 31.8 Å². The number of aryl methyl sites for hydroxylation is 1. The van der Waals surface area contributed by atoms with E-state index in [4.69, 9.17) is 0 Å². The van der Waals surface area contributed by atoms with Gasteiger partial charge in [0, 0.05) is 20.9 Å². The van der Waals surface area contributed by atoms with Crippen LogP contribution in [0.25, 0.3) is 0 Å². The van der Waals surface area contributed by atoms with E-state index >= 15 is 0 Å². The second kappa shape index (κ2) is 7.70. The third kappa shape index (κ3) is 3.84. The molecule has 3 aromatic rings. The fraction of sp³-hybridized carbons (Fsp3) is 0.136. The molecule has 5 heteroatoms. The van der Waals surface area contributed by atoms with E-state index in [-0.39, 0.29) is 0 Å². The number of hydroxylamine groups is 1. The zero-order valence-corrected chi connectivity index (χ0v) is 16.8. The molecule has 136 valence electrons. The third-order valence-corrected chi connectivity index (χ3v) is 6.06.